The molecule has 0 spiro atoms. The van der Waals surface area contributed by atoms with Gasteiger partial charge in [0.05, 0.1) is 13.2 Å². The highest BCUT2D eigenvalue weighted by Gasteiger charge is 1.99. The zero-order valence-electron chi connectivity index (χ0n) is 11.8. The number of rotatable bonds is 6. The quantitative estimate of drug-likeness (QED) is 0.770. The lowest BCUT2D eigenvalue weighted by atomic mass is 10.4. The molecule has 0 fully saturated rings. The topological polar surface area (TPSA) is 47.9 Å². The van der Waals surface area contributed by atoms with Crippen LogP contribution in [-0.4, -0.2) is 52.4 Å². The smallest absolute Gasteiger partial charge is 0.101 e. The second-order valence-corrected chi connectivity index (χ2v) is 3.26. The highest BCUT2D eigenvalue weighted by atomic mass is 16.5. The summed E-state index contributed by atoms with van der Waals surface area (Å²) in [5.41, 5.74) is 0. The summed E-state index contributed by atoms with van der Waals surface area (Å²) in [5, 5.41) is 8.80. The number of aliphatic hydroxyl groups excluding tert-OH is 1. The molecule has 16 heavy (non-hydrogen) atoms. The molecule has 0 aromatic carbocycles. The highest BCUT2D eigenvalue weighted by molar-refractivity contribution is 4.48. The third-order valence-corrected chi connectivity index (χ3v) is 1.13. The van der Waals surface area contributed by atoms with Crippen molar-refractivity contribution in [2.45, 2.75) is 39.7 Å². The van der Waals surface area contributed by atoms with Crippen molar-refractivity contribution in [1.29, 1.82) is 0 Å². The monoisotopic (exact) mass is 238 g/mol. The van der Waals surface area contributed by atoms with Gasteiger partial charge in [0.15, 0.2) is 0 Å². The molecule has 0 saturated heterocycles. The molecule has 1 N–H and O–H groups in total. The summed E-state index contributed by atoms with van der Waals surface area (Å²) in [7, 11) is 4.79. The molecule has 4 nitrogen and oxygen atoms in total. The Morgan fingerprint density at radius 2 is 1.25 bits per heavy atom. The Bertz CT molecular complexity index is 81.1. The van der Waals surface area contributed by atoms with Crippen molar-refractivity contribution in [2.24, 2.45) is 0 Å². The summed E-state index contributed by atoms with van der Waals surface area (Å²) in [6.45, 7) is 7.91. The maximum Gasteiger partial charge on any atom is 0.101 e. The van der Waals surface area contributed by atoms with E-state index in [2.05, 4.69) is 30.2 Å². The molecule has 0 atom stereocenters. The van der Waals surface area contributed by atoms with Gasteiger partial charge >= 0.3 is 0 Å². The van der Waals surface area contributed by atoms with Crippen LogP contribution < -0.4 is 0 Å². The number of ether oxygens (including phenoxy) is 3. The van der Waals surface area contributed by atoms with Gasteiger partial charge in [-0.15, -0.1) is 0 Å². The van der Waals surface area contributed by atoms with Crippen LogP contribution in [0.15, 0.2) is 0 Å². The summed E-state index contributed by atoms with van der Waals surface area (Å²) in [5.74, 6) is 0. The third kappa shape index (κ3) is 37.1. The zero-order valence-corrected chi connectivity index (χ0v) is 11.8. The van der Waals surface area contributed by atoms with E-state index in [1.165, 1.54) is 6.42 Å². The normalized spacial score (nSPS) is 9.00. The molecule has 0 aliphatic carbocycles. The van der Waals surface area contributed by atoms with Crippen molar-refractivity contribution < 1.29 is 19.3 Å². The lowest BCUT2D eigenvalue weighted by molar-refractivity contribution is 0.00980. The molecule has 0 aromatic heterocycles. The van der Waals surface area contributed by atoms with Crippen LogP contribution in [0.1, 0.15) is 33.6 Å². The van der Waals surface area contributed by atoms with Crippen LogP contribution in [0.3, 0.4) is 0 Å². The van der Waals surface area contributed by atoms with Crippen LogP contribution in [0.2, 0.25) is 0 Å². The molecule has 0 bridgehead atoms. The first kappa shape index (κ1) is 21.2. The molecule has 0 rings (SSSR count). The van der Waals surface area contributed by atoms with Gasteiger partial charge in [-0.3, -0.25) is 0 Å². The van der Waals surface area contributed by atoms with E-state index >= 15 is 0 Å². The lowest BCUT2D eigenvalue weighted by Gasteiger charge is -2.05. The zero-order chi connectivity index (χ0) is 13.2. The first-order valence-corrected chi connectivity index (χ1v) is 5.79. The van der Waals surface area contributed by atoms with E-state index in [9.17, 15) is 0 Å². The Morgan fingerprint density at radius 1 is 0.875 bits per heavy atom. The second-order valence-electron chi connectivity index (χ2n) is 3.26. The molecular formula is C12H30O4. The van der Waals surface area contributed by atoms with Crippen molar-refractivity contribution in [3.05, 3.63) is 0 Å². The maximum atomic E-state index is 8.80. The highest BCUT2D eigenvalue weighted by Crippen LogP contribution is 1.82. The fraction of sp³-hybridized carbons (Fsp3) is 1.00. The number of hydrogen-bond acceptors (Lipinski definition) is 4. The van der Waals surface area contributed by atoms with Gasteiger partial charge in [-0.05, 0) is 6.42 Å². The molecule has 0 amide bonds. The van der Waals surface area contributed by atoms with Crippen LogP contribution >= 0.6 is 0 Å². The van der Waals surface area contributed by atoms with E-state index in [0.717, 1.165) is 13.0 Å². The SMILES string of the molecule is CCC.CCCOC.COCC(O)COC. The van der Waals surface area contributed by atoms with E-state index in [-0.39, 0.29) is 0 Å². The molecule has 0 aliphatic rings. The van der Waals surface area contributed by atoms with Gasteiger partial charge in [0, 0.05) is 27.9 Å². The Labute approximate surface area is 101 Å². The Morgan fingerprint density at radius 3 is 1.38 bits per heavy atom. The van der Waals surface area contributed by atoms with Gasteiger partial charge < -0.3 is 19.3 Å². The lowest BCUT2D eigenvalue weighted by Crippen LogP contribution is -2.19. The summed E-state index contributed by atoms with van der Waals surface area (Å²) in [4.78, 5) is 0. The van der Waals surface area contributed by atoms with Gasteiger partial charge in [-0.1, -0.05) is 27.2 Å². The molecular weight excluding hydrogens is 208 g/mol. The molecule has 4 heteroatoms. The average Bonchev–Trinajstić information content (AvgIpc) is 2.22. The summed E-state index contributed by atoms with van der Waals surface area (Å²) < 4.78 is 13.9. The molecule has 0 aromatic rings. The summed E-state index contributed by atoms with van der Waals surface area (Å²) >= 11 is 0. The first-order chi connectivity index (χ1) is 7.64. The molecule has 102 valence electrons. The van der Waals surface area contributed by atoms with Gasteiger partial charge in [-0.25, -0.2) is 0 Å². The van der Waals surface area contributed by atoms with Crippen LogP contribution in [-0.2, 0) is 14.2 Å². The van der Waals surface area contributed by atoms with E-state index in [0.29, 0.717) is 13.2 Å². The van der Waals surface area contributed by atoms with Gasteiger partial charge in [0.1, 0.15) is 6.10 Å². The second kappa shape index (κ2) is 24.2. The first-order valence-electron chi connectivity index (χ1n) is 5.79. The van der Waals surface area contributed by atoms with Gasteiger partial charge in [0.25, 0.3) is 0 Å². The average molecular weight is 238 g/mol. The molecule has 0 saturated carbocycles. The van der Waals surface area contributed by atoms with Crippen molar-refractivity contribution in [2.75, 3.05) is 41.2 Å². The van der Waals surface area contributed by atoms with Crippen molar-refractivity contribution in [3.8, 4) is 0 Å². The fourth-order valence-corrected chi connectivity index (χ4v) is 0.637. The van der Waals surface area contributed by atoms with Crippen LogP contribution in [0.25, 0.3) is 0 Å². The van der Waals surface area contributed by atoms with Gasteiger partial charge in [0.2, 0.25) is 0 Å². The number of methoxy groups -OCH3 is 3. The molecule has 0 unspecified atom stereocenters. The largest absolute Gasteiger partial charge is 0.388 e. The van der Waals surface area contributed by atoms with Crippen molar-refractivity contribution in [3.63, 3.8) is 0 Å². The Hall–Kier alpha value is -0.160. The third-order valence-electron chi connectivity index (χ3n) is 1.13. The fourth-order valence-electron chi connectivity index (χ4n) is 0.637. The van der Waals surface area contributed by atoms with Crippen molar-refractivity contribution >= 4 is 0 Å². The standard InChI is InChI=1S/C5H12O3.C4H10O.C3H8/c1-7-3-5(6)4-8-2;1-3-4-5-2;1-3-2/h5-6H,3-4H2,1-2H3;3-4H2,1-2H3;3H2,1-2H3. The van der Waals surface area contributed by atoms with Crippen LogP contribution in [0, 0.1) is 0 Å². The predicted octanol–water partition coefficient (Wildman–Crippen LogP) is 2.10. The molecule has 0 heterocycles. The predicted molar refractivity (Wildman–Crippen MR) is 67.9 cm³/mol. The van der Waals surface area contributed by atoms with E-state index < -0.39 is 6.10 Å². The maximum absolute atomic E-state index is 8.80. The van der Waals surface area contributed by atoms with Crippen LogP contribution in [0.5, 0.6) is 0 Å². The Balaban J connectivity index is -0.000000181. The molecule has 0 aliphatic heterocycles. The van der Waals surface area contributed by atoms with E-state index in [4.69, 9.17) is 9.84 Å². The van der Waals surface area contributed by atoms with Crippen LogP contribution in [0.4, 0.5) is 0 Å². The van der Waals surface area contributed by atoms with E-state index in [1.54, 1.807) is 21.3 Å². The number of hydrogen-bond donors (Lipinski definition) is 1. The summed E-state index contributed by atoms with van der Waals surface area (Å²) in [6, 6.07) is 0. The Kier molecular flexibility index (Phi) is 32.0. The van der Waals surface area contributed by atoms with Gasteiger partial charge in [-0.2, -0.15) is 0 Å². The molecule has 0 radical (unpaired) electrons. The van der Waals surface area contributed by atoms with E-state index in [1.807, 2.05) is 0 Å². The minimum atomic E-state index is -0.481. The minimum absolute atomic E-state index is 0.341. The number of aliphatic hydroxyl groups is 1. The van der Waals surface area contributed by atoms with Crippen molar-refractivity contribution in [1.82, 2.24) is 0 Å². The summed E-state index contributed by atoms with van der Waals surface area (Å²) in [6.07, 6.45) is 1.89. The minimum Gasteiger partial charge on any atom is -0.388 e.